The third kappa shape index (κ3) is 3.33. The van der Waals surface area contributed by atoms with Gasteiger partial charge in [0.05, 0.1) is 0 Å². The first-order chi connectivity index (χ1) is 8.92. The summed E-state index contributed by atoms with van der Waals surface area (Å²) in [6.45, 7) is 2.23. The lowest BCUT2D eigenvalue weighted by atomic mass is 9.99. The average molecular weight is 236 g/mol. The van der Waals surface area contributed by atoms with Crippen molar-refractivity contribution in [3.63, 3.8) is 0 Å². The van der Waals surface area contributed by atoms with Crippen LogP contribution < -0.4 is 0 Å². The predicted octanol–water partition coefficient (Wildman–Crippen LogP) is 5.56. The Balaban J connectivity index is 2.24. The molecule has 0 nitrogen and oxygen atoms in total. The normalized spacial score (nSPS) is 10.9. The quantitative estimate of drug-likeness (QED) is 0.596. The Morgan fingerprint density at radius 3 is 2.39 bits per heavy atom. The lowest BCUT2D eigenvalue weighted by Gasteiger charge is -2.05. The molecule has 0 amide bonds. The van der Waals surface area contributed by atoms with Gasteiger partial charge in [-0.1, -0.05) is 86.5 Å². The summed E-state index contributed by atoms with van der Waals surface area (Å²) in [4.78, 5) is 0. The van der Waals surface area contributed by atoms with Gasteiger partial charge < -0.3 is 0 Å². The van der Waals surface area contributed by atoms with E-state index in [1.54, 1.807) is 0 Å². The van der Waals surface area contributed by atoms with Gasteiger partial charge >= 0.3 is 0 Å². The molecule has 0 bridgehead atoms. The predicted molar refractivity (Wildman–Crippen MR) is 80.4 cm³/mol. The largest absolute Gasteiger partial charge is 0.0839 e. The Hall–Kier alpha value is -1.82. The fraction of sp³-hybridized carbons (Fsp3) is 0.222. The van der Waals surface area contributed by atoms with Crippen LogP contribution in [-0.4, -0.2) is 0 Å². The maximum absolute atomic E-state index is 2.28. The zero-order valence-corrected chi connectivity index (χ0v) is 11.0. The minimum absolute atomic E-state index is 1.17. The number of hydrogen-bond donors (Lipinski definition) is 0. The van der Waals surface area contributed by atoms with Crippen molar-refractivity contribution < 1.29 is 0 Å². The summed E-state index contributed by atoms with van der Waals surface area (Å²) < 4.78 is 0. The van der Waals surface area contributed by atoms with E-state index in [1.165, 1.54) is 36.0 Å². The van der Waals surface area contributed by atoms with E-state index < -0.39 is 0 Å². The molecule has 0 unspecified atom stereocenters. The highest BCUT2D eigenvalue weighted by atomic mass is 14.0. The van der Waals surface area contributed by atoms with Crippen LogP contribution in [0.4, 0.5) is 0 Å². The molecule has 0 heterocycles. The van der Waals surface area contributed by atoms with Crippen LogP contribution in [0.1, 0.15) is 31.7 Å². The first kappa shape index (κ1) is 12.6. The van der Waals surface area contributed by atoms with E-state index >= 15 is 0 Å². The van der Waals surface area contributed by atoms with Crippen molar-refractivity contribution in [2.75, 3.05) is 0 Å². The Labute approximate surface area is 110 Å². The Kier molecular flexibility index (Phi) is 4.78. The van der Waals surface area contributed by atoms with Gasteiger partial charge in [-0.3, -0.25) is 0 Å². The molecule has 0 spiro atoms. The lowest BCUT2D eigenvalue weighted by Crippen LogP contribution is -1.82. The smallest absolute Gasteiger partial charge is 0.0112 e. The van der Waals surface area contributed by atoms with Crippen LogP contribution in [0.5, 0.6) is 0 Å². The van der Waals surface area contributed by atoms with Crippen LogP contribution in [0, 0.1) is 0 Å². The summed E-state index contributed by atoms with van der Waals surface area (Å²) in [7, 11) is 0. The molecular weight excluding hydrogens is 216 g/mol. The second kappa shape index (κ2) is 6.80. The summed E-state index contributed by atoms with van der Waals surface area (Å²) >= 11 is 0. The lowest BCUT2D eigenvalue weighted by molar-refractivity contribution is 0.816. The Bertz CT molecular complexity index is 494. The van der Waals surface area contributed by atoms with Crippen molar-refractivity contribution in [3.8, 4) is 11.1 Å². The molecule has 2 aromatic rings. The fourth-order valence-corrected chi connectivity index (χ4v) is 2.06. The molecule has 0 aliphatic carbocycles. The van der Waals surface area contributed by atoms with Crippen LogP contribution in [0.25, 0.3) is 17.2 Å². The minimum atomic E-state index is 1.17. The van der Waals surface area contributed by atoms with E-state index in [1.807, 2.05) is 0 Å². The Morgan fingerprint density at radius 1 is 0.889 bits per heavy atom. The molecule has 0 aliphatic rings. The standard InChI is InChI=1S/C18H20/c1-2-3-4-6-11-17-14-9-10-15-18(17)16-12-7-5-8-13-16/h5-15H,2-4H2,1H3. The van der Waals surface area contributed by atoms with Gasteiger partial charge in [-0.2, -0.15) is 0 Å². The number of allylic oxidation sites excluding steroid dienone is 1. The molecule has 0 aromatic heterocycles. The third-order valence-electron chi connectivity index (χ3n) is 3.07. The van der Waals surface area contributed by atoms with E-state index in [4.69, 9.17) is 0 Å². The van der Waals surface area contributed by atoms with Gasteiger partial charge in [-0.05, 0) is 23.1 Å². The first-order valence-electron chi connectivity index (χ1n) is 6.73. The number of rotatable bonds is 5. The molecule has 92 valence electrons. The molecule has 0 saturated heterocycles. The zero-order valence-electron chi connectivity index (χ0n) is 11.0. The molecule has 0 N–H and O–H groups in total. The Morgan fingerprint density at radius 2 is 1.61 bits per heavy atom. The highest BCUT2D eigenvalue weighted by Gasteiger charge is 2.00. The SMILES string of the molecule is CCCCC=Cc1ccccc1-c1ccccc1. The zero-order chi connectivity index (χ0) is 12.6. The van der Waals surface area contributed by atoms with Crippen molar-refractivity contribution in [1.29, 1.82) is 0 Å². The number of hydrogen-bond acceptors (Lipinski definition) is 0. The van der Waals surface area contributed by atoms with E-state index in [9.17, 15) is 0 Å². The third-order valence-corrected chi connectivity index (χ3v) is 3.07. The second-order valence-electron chi connectivity index (χ2n) is 4.50. The van der Waals surface area contributed by atoms with Gasteiger partial charge in [0.25, 0.3) is 0 Å². The van der Waals surface area contributed by atoms with Gasteiger partial charge in [0, 0.05) is 0 Å². The summed E-state index contributed by atoms with van der Waals surface area (Å²) in [5.74, 6) is 0. The first-order valence-corrected chi connectivity index (χ1v) is 6.73. The summed E-state index contributed by atoms with van der Waals surface area (Å²) in [6, 6.07) is 19.2. The van der Waals surface area contributed by atoms with Crippen LogP contribution in [-0.2, 0) is 0 Å². The van der Waals surface area contributed by atoms with Crippen LogP contribution in [0.3, 0.4) is 0 Å². The molecule has 0 atom stereocenters. The van der Waals surface area contributed by atoms with Crippen molar-refractivity contribution >= 4 is 6.08 Å². The van der Waals surface area contributed by atoms with Crippen LogP contribution in [0.15, 0.2) is 60.7 Å². The molecule has 18 heavy (non-hydrogen) atoms. The van der Waals surface area contributed by atoms with E-state index in [-0.39, 0.29) is 0 Å². The van der Waals surface area contributed by atoms with E-state index in [0.717, 1.165) is 0 Å². The summed E-state index contributed by atoms with van der Waals surface area (Å²) in [5.41, 5.74) is 3.90. The number of unbranched alkanes of at least 4 members (excludes halogenated alkanes) is 2. The molecule has 0 saturated carbocycles. The van der Waals surface area contributed by atoms with E-state index in [0.29, 0.717) is 0 Å². The van der Waals surface area contributed by atoms with Crippen LogP contribution >= 0.6 is 0 Å². The maximum atomic E-state index is 2.28. The van der Waals surface area contributed by atoms with E-state index in [2.05, 4.69) is 73.7 Å². The fourth-order valence-electron chi connectivity index (χ4n) is 2.06. The van der Waals surface area contributed by atoms with Crippen molar-refractivity contribution in [2.24, 2.45) is 0 Å². The van der Waals surface area contributed by atoms with Crippen molar-refractivity contribution in [2.45, 2.75) is 26.2 Å². The second-order valence-corrected chi connectivity index (χ2v) is 4.50. The average Bonchev–Trinajstić information content (AvgIpc) is 2.45. The summed E-state index contributed by atoms with van der Waals surface area (Å²) in [6.07, 6.45) is 8.22. The molecule has 2 aromatic carbocycles. The monoisotopic (exact) mass is 236 g/mol. The highest BCUT2D eigenvalue weighted by molar-refractivity contribution is 5.75. The molecule has 2 rings (SSSR count). The van der Waals surface area contributed by atoms with Gasteiger partial charge in [0.2, 0.25) is 0 Å². The molecule has 0 heteroatoms. The minimum Gasteiger partial charge on any atom is -0.0839 e. The topological polar surface area (TPSA) is 0 Å². The van der Waals surface area contributed by atoms with Gasteiger partial charge in [0.15, 0.2) is 0 Å². The maximum Gasteiger partial charge on any atom is -0.0112 e. The van der Waals surface area contributed by atoms with Gasteiger partial charge in [-0.15, -0.1) is 0 Å². The van der Waals surface area contributed by atoms with Crippen LogP contribution in [0.2, 0.25) is 0 Å². The van der Waals surface area contributed by atoms with Gasteiger partial charge in [0.1, 0.15) is 0 Å². The molecule has 0 aliphatic heterocycles. The molecule has 0 fully saturated rings. The number of benzene rings is 2. The highest BCUT2D eigenvalue weighted by Crippen LogP contribution is 2.24. The molecular formula is C18H20. The van der Waals surface area contributed by atoms with Gasteiger partial charge in [-0.25, -0.2) is 0 Å². The summed E-state index contributed by atoms with van der Waals surface area (Å²) in [5, 5.41) is 0. The molecule has 0 radical (unpaired) electrons. The van der Waals surface area contributed by atoms with Crippen molar-refractivity contribution in [3.05, 3.63) is 66.2 Å². The van der Waals surface area contributed by atoms with Crippen molar-refractivity contribution in [1.82, 2.24) is 0 Å².